The molecule has 3 aliphatic rings. The van der Waals surface area contributed by atoms with Crippen LogP contribution in [0.2, 0.25) is 0 Å². The molecule has 2 saturated carbocycles. The Morgan fingerprint density at radius 2 is 2.00 bits per heavy atom. The molecule has 0 aromatic carbocycles. The summed E-state index contributed by atoms with van der Waals surface area (Å²) in [6.07, 6.45) is 7.98. The summed E-state index contributed by atoms with van der Waals surface area (Å²) in [6.45, 7) is 2.67. The molecule has 16 heavy (non-hydrogen) atoms. The monoisotopic (exact) mass is 226 g/mol. The standard InChI is InChI=1S/C13H23FN2/c14-7-8-16-9-12(11-3-4-11)15-10-13(16)5-1-2-6-13/h11-12,15H,1-10H2. The number of halogens is 1. The van der Waals surface area contributed by atoms with Crippen LogP contribution in [0.15, 0.2) is 0 Å². The molecule has 1 saturated heterocycles. The van der Waals surface area contributed by atoms with Gasteiger partial charge in [-0.3, -0.25) is 4.90 Å². The molecule has 1 spiro atoms. The van der Waals surface area contributed by atoms with Crippen LogP contribution in [0.25, 0.3) is 0 Å². The van der Waals surface area contributed by atoms with Gasteiger partial charge in [0.15, 0.2) is 0 Å². The van der Waals surface area contributed by atoms with E-state index in [0.29, 0.717) is 18.1 Å². The van der Waals surface area contributed by atoms with Crippen molar-refractivity contribution in [3.05, 3.63) is 0 Å². The summed E-state index contributed by atoms with van der Waals surface area (Å²) < 4.78 is 12.7. The van der Waals surface area contributed by atoms with Gasteiger partial charge in [-0.05, 0) is 31.6 Å². The Balaban J connectivity index is 1.69. The van der Waals surface area contributed by atoms with Gasteiger partial charge in [0.1, 0.15) is 6.67 Å². The Morgan fingerprint density at radius 3 is 2.62 bits per heavy atom. The summed E-state index contributed by atoms with van der Waals surface area (Å²) >= 11 is 0. The van der Waals surface area contributed by atoms with Gasteiger partial charge in [-0.25, -0.2) is 4.39 Å². The van der Waals surface area contributed by atoms with Crippen LogP contribution in [0.3, 0.4) is 0 Å². The SMILES string of the molecule is FCCN1CC(C2CC2)NCC12CCCC2. The smallest absolute Gasteiger partial charge is 0.102 e. The first-order valence-electron chi connectivity index (χ1n) is 6.88. The fraction of sp³-hybridized carbons (Fsp3) is 1.00. The lowest BCUT2D eigenvalue weighted by Gasteiger charge is -2.48. The molecule has 3 fully saturated rings. The van der Waals surface area contributed by atoms with Crippen LogP contribution in [-0.4, -0.2) is 42.8 Å². The second kappa shape index (κ2) is 4.26. The highest BCUT2D eigenvalue weighted by Gasteiger charge is 2.46. The van der Waals surface area contributed by atoms with Crippen molar-refractivity contribution in [3.8, 4) is 0 Å². The fourth-order valence-electron chi connectivity index (χ4n) is 3.70. The molecule has 0 aromatic rings. The minimum Gasteiger partial charge on any atom is -0.311 e. The second-order valence-electron chi connectivity index (χ2n) is 5.89. The van der Waals surface area contributed by atoms with Gasteiger partial charge >= 0.3 is 0 Å². The third-order valence-corrected chi connectivity index (χ3v) is 4.86. The van der Waals surface area contributed by atoms with Gasteiger partial charge in [0.25, 0.3) is 0 Å². The first-order valence-corrected chi connectivity index (χ1v) is 6.88. The molecule has 0 bridgehead atoms. The molecule has 3 heteroatoms. The maximum atomic E-state index is 12.7. The van der Waals surface area contributed by atoms with Crippen LogP contribution in [-0.2, 0) is 0 Å². The van der Waals surface area contributed by atoms with Crippen LogP contribution in [0.5, 0.6) is 0 Å². The van der Waals surface area contributed by atoms with Gasteiger partial charge in [0, 0.05) is 31.2 Å². The molecule has 1 unspecified atom stereocenters. The van der Waals surface area contributed by atoms with Gasteiger partial charge in [-0.2, -0.15) is 0 Å². The van der Waals surface area contributed by atoms with Crippen LogP contribution in [0.4, 0.5) is 4.39 Å². The predicted octanol–water partition coefficient (Wildman–Crippen LogP) is 1.95. The lowest BCUT2D eigenvalue weighted by atomic mass is 9.90. The van der Waals surface area contributed by atoms with Crippen molar-refractivity contribution in [1.82, 2.24) is 10.2 Å². The lowest BCUT2D eigenvalue weighted by molar-refractivity contribution is 0.0336. The summed E-state index contributed by atoms with van der Waals surface area (Å²) in [5.41, 5.74) is 0.317. The van der Waals surface area contributed by atoms with E-state index >= 15 is 0 Å². The minimum absolute atomic E-state index is 0.181. The van der Waals surface area contributed by atoms with Crippen LogP contribution >= 0.6 is 0 Å². The Bertz CT molecular complexity index is 246. The highest BCUT2D eigenvalue weighted by molar-refractivity contribution is 5.04. The van der Waals surface area contributed by atoms with Crippen molar-refractivity contribution in [2.45, 2.75) is 50.1 Å². The molecule has 1 atom stereocenters. The third kappa shape index (κ3) is 1.88. The van der Waals surface area contributed by atoms with Crippen molar-refractivity contribution in [3.63, 3.8) is 0 Å². The van der Waals surface area contributed by atoms with Crippen LogP contribution < -0.4 is 5.32 Å². The van der Waals surface area contributed by atoms with Crippen molar-refractivity contribution in [2.75, 3.05) is 26.3 Å². The van der Waals surface area contributed by atoms with Crippen molar-refractivity contribution >= 4 is 0 Å². The van der Waals surface area contributed by atoms with Crippen molar-refractivity contribution in [2.24, 2.45) is 5.92 Å². The quantitative estimate of drug-likeness (QED) is 0.791. The van der Waals surface area contributed by atoms with E-state index < -0.39 is 0 Å². The molecule has 1 N–H and O–H groups in total. The Hall–Kier alpha value is -0.150. The molecule has 0 amide bonds. The van der Waals surface area contributed by atoms with Crippen LogP contribution in [0.1, 0.15) is 38.5 Å². The van der Waals surface area contributed by atoms with Gasteiger partial charge in [-0.1, -0.05) is 12.8 Å². The van der Waals surface area contributed by atoms with Crippen molar-refractivity contribution < 1.29 is 4.39 Å². The Kier molecular flexibility index (Phi) is 2.92. The van der Waals surface area contributed by atoms with E-state index in [1.807, 2.05) is 0 Å². The predicted molar refractivity (Wildman–Crippen MR) is 63.3 cm³/mol. The van der Waals surface area contributed by atoms with E-state index in [2.05, 4.69) is 10.2 Å². The van der Waals surface area contributed by atoms with Gasteiger partial charge in [-0.15, -0.1) is 0 Å². The van der Waals surface area contributed by atoms with Crippen LogP contribution in [0, 0.1) is 5.92 Å². The number of nitrogens with zero attached hydrogens (tertiary/aromatic N) is 1. The summed E-state index contributed by atoms with van der Waals surface area (Å²) in [7, 11) is 0. The summed E-state index contributed by atoms with van der Waals surface area (Å²) in [5.74, 6) is 0.890. The van der Waals surface area contributed by atoms with E-state index in [-0.39, 0.29) is 6.67 Å². The molecule has 1 heterocycles. The molecule has 2 aliphatic carbocycles. The zero-order valence-corrected chi connectivity index (χ0v) is 10.1. The Labute approximate surface area is 97.6 Å². The number of piperazine rings is 1. The molecule has 1 aliphatic heterocycles. The highest BCUT2D eigenvalue weighted by atomic mass is 19.1. The maximum Gasteiger partial charge on any atom is 0.102 e. The molecule has 0 radical (unpaired) electrons. The summed E-state index contributed by atoms with van der Waals surface area (Å²) in [4.78, 5) is 2.47. The molecular weight excluding hydrogens is 203 g/mol. The maximum absolute atomic E-state index is 12.7. The summed E-state index contributed by atoms with van der Waals surface area (Å²) in [5, 5.41) is 3.74. The average molecular weight is 226 g/mol. The number of hydrogen-bond acceptors (Lipinski definition) is 2. The second-order valence-corrected chi connectivity index (χ2v) is 5.89. The topological polar surface area (TPSA) is 15.3 Å². The zero-order chi connectivity index (χ0) is 11.0. The van der Waals surface area contributed by atoms with Gasteiger partial charge in [0.05, 0.1) is 0 Å². The minimum atomic E-state index is -0.181. The number of nitrogens with one attached hydrogen (secondary N) is 1. The van der Waals surface area contributed by atoms with E-state index in [9.17, 15) is 4.39 Å². The molecule has 2 nitrogen and oxygen atoms in total. The molecular formula is C13H23FN2. The largest absolute Gasteiger partial charge is 0.311 e. The average Bonchev–Trinajstić information content (AvgIpc) is 3.04. The van der Waals surface area contributed by atoms with Gasteiger partial charge in [0.2, 0.25) is 0 Å². The molecule has 92 valence electrons. The van der Waals surface area contributed by atoms with E-state index in [1.54, 1.807) is 0 Å². The highest BCUT2D eigenvalue weighted by Crippen LogP contribution is 2.40. The van der Waals surface area contributed by atoms with Gasteiger partial charge < -0.3 is 5.32 Å². The molecule has 0 aromatic heterocycles. The number of alkyl halides is 1. The first kappa shape index (κ1) is 11.0. The van der Waals surface area contributed by atoms with E-state index in [1.165, 1.54) is 38.5 Å². The third-order valence-electron chi connectivity index (χ3n) is 4.86. The van der Waals surface area contributed by atoms with Crippen molar-refractivity contribution in [1.29, 1.82) is 0 Å². The normalized spacial score (nSPS) is 34.7. The number of hydrogen-bond donors (Lipinski definition) is 1. The Morgan fingerprint density at radius 1 is 1.25 bits per heavy atom. The lowest BCUT2D eigenvalue weighted by Crippen LogP contribution is -2.64. The van der Waals surface area contributed by atoms with E-state index in [0.717, 1.165) is 19.0 Å². The summed E-state index contributed by atoms with van der Waals surface area (Å²) in [6, 6.07) is 0.651. The fourth-order valence-corrected chi connectivity index (χ4v) is 3.70. The molecule has 3 rings (SSSR count). The first-order chi connectivity index (χ1) is 7.84. The number of rotatable bonds is 3. The zero-order valence-electron chi connectivity index (χ0n) is 10.1. The van der Waals surface area contributed by atoms with E-state index in [4.69, 9.17) is 0 Å².